The Morgan fingerprint density at radius 1 is 1.29 bits per heavy atom. The zero-order valence-electron chi connectivity index (χ0n) is 14.7. The van der Waals surface area contributed by atoms with Gasteiger partial charge in [-0.3, -0.25) is 4.79 Å². The molecule has 0 saturated heterocycles. The van der Waals surface area contributed by atoms with Gasteiger partial charge in [0.25, 0.3) is 5.91 Å². The van der Waals surface area contributed by atoms with Crippen LogP contribution in [0.3, 0.4) is 0 Å². The van der Waals surface area contributed by atoms with Crippen molar-refractivity contribution < 1.29 is 9.90 Å². The molecule has 2 atom stereocenters. The van der Waals surface area contributed by atoms with Crippen LogP contribution in [0.1, 0.15) is 60.3 Å². The first kappa shape index (κ1) is 18.6. The lowest BCUT2D eigenvalue weighted by Crippen LogP contribution is -2.29. The van der Waals surface area contributed by atoms with Crippen molar-refractivity contribution in [1.82, 2.24) is 10.3 Å². The zero-order chi connectivity index (χ0) is 17.7. The molecule has 24 heavy (non-hydrogen) atoms. The van der Waals surface area contributed by atoms with E-state index in [0.29, 0.717) is 17.8 Å². The van der Waals surface area contributed by atoms with Crippen molar-refractivity contribution in [2.45, 2.75) is 51.6 Å². The van der Waals surface area contributed by atoms with E-state index in [1.54, 1.807) is 13.1 Å². The Morgan fingerprint density at radius 3 is 2.50 bits per heavy atom. The number of aliphatic hydroxyl groups excluding tert-OH is 1. The fourth-order valence-electron chi connectivity index (χ4n) is 2.50. The quantitative estimate of drug-likeness (QED) is 0.838. The van der Waals surface area contributed by atoms with E-state index in [0.717, 1.165) is 10.6 Å². The average molecular weight is 346 g/mol. The molecule has 5 heteroatoms. The van der Waals surface area contributed by atoms with Gasteiger partial charge in [0, 0.05) is 17.9 Å². The number of hydrogen-bond acceptors (Lipinski definition) is 4. The molecular weight excluding hydrogens is 320 g/mol. The molecule has 0 bridgehead atoms. The van der Waals surface area contributed by atoms with Crippen molar-refractivity contribution in [3.05, 3.63) is 52.0 Å². The maximum absolute atomic E-state index is 12.4. The van der Waals surface area contributed by atoms with E-state index in [9.17, 15) is 9.90 Å². The number of aliphatic hydroxyl groups is 1. The first-order valence-corrected chi connectivity index (χ1v) is 9.06. The number of hydrogen-bond donors (Lipinski definition) is 2. The highest BCUT2D eigenvalue weighted by molar-refractivity contribution is 7.13. The third-order valence-corrected chi connectivity index (χ3v) is 5.20. The van der Waals surface area contributed by atoms with Gasteiger partial charge in [-0.15, -0.1) is 11.3 Å². The molecule has 1 aromatic carbocycles. The molecule has 0 saturated carbocycles. The molecule has 2 unspecified atom stereocenters. The molecule has 0 aliphatic rings. The van der Waals surface area contributed by atoms with Crippen LogP contribution in [0.2, 0.25) is 0 Å². The second-order valence-electron chi connectivity index (χ2n) is 7.18. The van der Waals surface area contributed by atoms with Crippen LogP contribution in [0.5, 0.6) is 0 Å². The molecule has 0 spiro atoms. The highest BCUT2D eigenvalue weighted by Gasteiger charge is 2.21. The van der Waals surface area contributed by atoms with E-state index in [4.69, 9.17) is 0 Å². The van der Waals surface area contributed by atoms with Crippen LogP contribution in [-0.2, 0) is 5.41 Å². The molecule has 130 valence electrons. The lowest BCUT2D eigenvalue weighted by atomic mass is 9.93. The normalized spacial score (nSPS) is 14.2. The molecule has 0 radical (unpaired) electrons. The van der Waals surface area contributed by atoms with Crippen LogP contribution in [-0.4, -0.2) is 28.6 Å². The molecule has 1 aromatic heterocycles. The minimum absolute atomic E-state index is 0.0535. The summed E-state index contributed by atoms with van der Waals surface area (Å²) in [6.07, 6.45) is 1.84. The molecule has 1 amide bonds. The second kappa shape index (κ2) is 7.90. The number of amides is 1. The van der Waals surface area contributed by atoms with E-state index in [1.807, 2.05) is 30.3 Å². The Kier molecular flexibility index (Phi) is 6.13. The summed E-state index contributed by atoms with van der Waals surface area (Å²) < 4.78 is 0. The van der Waals surface area contributed by atoms with E-state index >= 15 is 0 Å². The van der Waals surface area contributed by atoms with Crippen LogP contribution >= 0.6 is 11.3 Å². The molecule has 0 fully saturated rings. The predicted molar refractivity (Wildman–Crippen MR) is 98.6 cm³/mol. The maximum Gasteiger partial charge on any atom is 0.263 e. The SMILES string of the molecule is CC(O)CC(CNC(=O)c1cnc(C(C)(C)C)s1)c1ccccc1. The van der Waals surface area contributed by atoms with Gasteiger partial charge in [-0.05, 0) is 18.9 Å². The number of nitrogens with one attached hydrogen (secondary N) is 1. The summed E-state index contributed by atoms with van der Waals surface area (Å²) in [5.74, 6) is -0.0142. The molecule has 0 aliphatic heterocycles. The smallest absolute Gasteiger partial charge is 0.263 e. The molecule has 2 N–H and O–H groups in total. The largest absolute Gasteiger partial charge is 0.393 e. The Labute approximate surface area is 148 Å². The summed E-state index contributed by atoms with van der Waals surface area (Å²) in [5.41, 5.74) is 1.07. The molecule has 2 rings (SSSR count). The van der Waals surface area contributed by atoms with Crippen molar-refractivity contribution in [2.24, 2.45) is 0 Å². The summed E-state index contributed by atoms with van der Waals surface area (Å²) in [6.45, 7) is 8.53. The number of carbonyl (C=O) groups excluding carboxylic acids is 1. The summed E-state index contributed by atoms with van der Waals surface area (Å²) in [7, 11) is 0. The average Bonchev–Trinajstić information content (AvgIpc) is 3.02. The molecular formula is C19H26N2O2S. The molecule has 0 aliphatic carbocycles. The number of rotatable bonds is 6. The number of thiazole rings is 1. The maximum atomic E-state index is 12.4. The van der Waals surface area contributed by atoms with Crippen molar-refractivity contribution in [3.63, 3.8) is 0 Å². The zero-order valence-corrected chi connectivity index (χ0v) is 15.6. The van der Waals surface area contributed by atoms with Gasteiger partial charge in [0.05, 0.1) is 17.3 Å². The number of nitrogens with zero attached hydrogens (tertiary/aromatic N) is 1. The van der Waals surface area contributed by atoms with E-state index < -0.39 is 6.10 Å². The van der Waals surface area contributed by atoms with Crippen molar-refractivity contribution in [1.29, 1.82) is 0 Å². The fraction of sp³-hybridized carbons (Fsp3) is 0.474. The number of carbonyl (C=O) groups is 1. The van der Waals surface area contributed by atoms with Crippen molar-refractivity contribution in [3.8, 4) is 0 Å². The third-order valence-electron chi connectivity index (χ3n) is 3.78. The summed E-state index contributed by atoms with van der Waals surface area (Å²) in [6, 6.07) is 9.98. The number of aromatic nitrogens is 1. The Bertz CT molecular complexity index is 660. The fourth-order valence-corrected chi connectivity index (χ4v) is 3.39. The monoisotopic (exact) mass is 346 g/mol. The molecule has 1 heterocycles. The topological polar surface area (TPSA) is 62.2 Å². The van der Waals surface area contributed by atoms with Gasteiger partial charge >= 0.3 is 0 Å². The second-order valence-corrected chi connectivity index (χ2v) is 8.21. The van der Waals surface area contributed by atoms with Crippen LogP contribution < -0.4 is 5.32 Å². The number of benzene rings is 1. The summed E-state index contributed by atoms with van der Waals surface area (Å²) in [4.78, 5) is 17.4. The van der Waals surface area contributed by atoms with Gasteiger partial charge in [-0.25, -0.2) is 4.98 Å². The Hall–Kier alpha value is -1.72. The van der Waals surface area contributed by atoms with Gasteiger partial charge in [0.2, 0.25) is 0 Å². The van der Waals surface area contributed by atoms with E-state index in [-0.39, 0.29) is 17.2 Å². The van der Waals surface area contributed by atoms with Gasteiger partial charge in [-0.1, -0.05) is 51.1 Å². The molecule has 2 aromatic rings. The lowest BCUT2D eigenvalue weighted by Gasteiger charge is -2.19. The minimum atomic E-state index is -0.414. The lowest BCUT2D eigenvalue weighted by molar-refractivity contribution is 0.0949. The minimum Gasteiger partial charge on any atom is -0.393 e. The summed E-state index contributed by atoms with van der Waals surface area (Å²) >= 11 is 1.44. The predicted octanol–water partition coefficient (Wildman–Crippen LogP) is 3.73. The van der Waals surface area contributed by atoms with Gasteiger partial charge < -0.3 is 10.4 Å². The van der Waals surface area contributed by atoms with Crippen LogP contribution in [0.15, 0.2) is 36.5 Å². The molecule has 4 nitrogen and oxygen atoms in total. The van der Waals surface area contributed by atoms with Gasteiger partial charge in [0.15, 0.2) is 0 Å². The van der Waals surface area contributed by atoms with Crippen LogP contribution in [0.4, 0.5) is 0 Å². The van der Waals surface area contributed by atoms with Gasteiger partial charge in [0.1, 0.15) is 4.88 Å². The van der Waals surface area contributed by atoms with Crippen molar-refractivity contribution >= 4 is 17.2 Å². The highest BCUT2D eigenvalue weighted by Crippen LogP contribution is 2.27. The first-order valence-electron chi connectivity index (χ1n) is 8.25. The van der Waals surface area contributed by atoms with E-state index in [1.165, 1.54) is 11.3 Å². The van der Waals surface area contributed by atoms with Gasteiger partial charge in [-0.2, -0.15) is 0 Å². The standard InChI is InChI=1S/C19H26N2O2S/c1-13(22)10-15(14-8-6-5-7-9-14)11-20-17(23)16-12-21-18(24-16)19(2,3)4/h5-9,12-13,15,22H,10-11H2,1-4H3,(H,20,23). The van der Waals surface area contributed by atoms with Crippen LogP contribution in [0.25, 0.3) is 0 Å². The Morgan fingerprint density at radius 2 is 1.96 bits per heavy atom. The first-order chi connectivity index (χ1) is 11.3. The van der Waals surface area contributed by atoms with Crippen molar-refractivity contribution in [2.75, 3.05) is 6.54 Å². The Balaban J connectivity index is 2.03. The highest BCUT2D eigenvalue weighted by atomic mass is 32.1. The summed E-state index contributed by atoms with van der Waals surface area (Å²) in [5, 5.41) is 13.7. The van der Waals surface area contributed by atoms with Crippen LogP contribution in [0, 0.1) is 0 Å². The van der Waals surface area contributed by atoms with E-state index in [2.05, 4.69) is 31.1 Å². The third kappa shape index (κ3) is 5.14.